The third-order valence-corrected chi connectivity index (χ3v) is 3.91. The molecule has 0 spiro atoms. The number of phenols is 1. The third-order valence-electron chi connectivity index (χ3n) is 3.91. The van der Waals surface area contributed by atoms with Crippen LogP contribution in [0.5, 0.6) is 11.5 Å². The summed E-state index contributed by atoms with van der Waals surface area (Å²) >= 11 is 0. The number of methoxy groups -OCH3 is 1. The van der Waals surface area contributed by atoms with Crippen molar-refractivity contribution in [3.8, 4) is 11.5 Å². The van der Waals surface area contributed by atoms with Gasteiger partial charge < -0.3 is 19.9 Å². The van der Waals surface area contributed by atoms with Crippen LogP contribution in [0.4, 0.5) is 10.5 Å². The molecule has 1 saturated heterocycles. The molecule has 0 radical (unpaired) electrons. The number of hydrogen-bond acceptors (Lipinski definition) is 5. The molecule has 1 aliphatic rings. The molecule has 1 fully saturated rings. The van der Waals surface area contributed by atoms with Gasteiger partial charge in [0.1, 0.15) is 5.60 Å². The number of phenolic OH excluding ortho intramolecular Hbond substituents is 1. The largest absolute Gasteiger partial charge is 0.503 e. The molecule has 1 amide bonds. The van der Waals surface area contributed by atoms with E-state index in [0.29, 0.717) is 17.4 Å². The first kappa shape index (κ1) is 18.4. The van der Waals surface area contributed by atoms with Crippen LogP contribution in [0.1, 0.15) is 39.2 Å². The summed E-state index contributed by atoms with van der Waals surface area (Å²) < 4.78 is 10.5. The van der Waals surface area contributed by atoms with E-state index in [0.717, 1.165) is 25.1 Å². The lowest BCUT2D eigenvalue weighted by Gasteiger charge is -2.24. The predicted molar refractivity (Wildman–Crippen MR) is 93.8 cm³/mol. The molecule has 0 aliphatic carbocycles. The van der Waals surface area contributed by atoms with Crippen molar-refractivity contribution < 1.29 is 19.4 Å². The SMILES string of the molecule is COc1cc(CC2CCCNC2)cc(NC(=O)OC(C)(C)C)c1O. The molecular weight excluding hydrogens is 308 g/mol. The number of piperidine rings is 1. The van der Waals surface area contributed by atoms with Gasteiger partial charge in [0.25, 0.3) is 0 Å². The van der Waals surface area contributed by atoms with Gasteiger partial charge in [-0.1, -0.05) is 0 Å². The smallest absolute Gasteiger partial charge is 0.412 e. The normalized spacial score (nSPS) is 18.1. The topological polar surface area (TPSA) is 79.8 Å². The van der Waals surface area contributed by atoms with Crippen molar-refractivity contribution in [1.29, 1.82) is 0 Å². The second-order valence-corrected chi connectivity index (χ2v) is 7.24. The van der Waals surface area contributed by atoms with Crippen LogP contribution in [0.25, 0.3) is 0 Å². The highest BCUT2D eigenvalue weighted by Crippen LogP contribution is 2.36. The molecule has 2 rings (SSSR count). The summed E-state index contributed by atoms with van der Waals surface area (Å²) in [6.45, 7) is 7.43. The Hall–Kier alpha value is -1.95. The molecule has 1 aliphatic heterocycles. The van der Waals surface area contributed by atoms with Crippen LogP contribution in [-0.2, 0) is 11.2 Å². The maximum Gasteiger partial charge on any atom is 0.412 e. The molecule has 0 bridgehead atoms. The minimum atomic E-state index is -0.602. The Labute approximate surface area is 143 Å². The van der Waals surface area contributed by atoms with Gasteiger partial charge >= 0.3 is 6.09 Å². The number of hydrogen-bond donors (Lipinski definition) is 3. The number of amides is 1. The molecule has 1 heterocycles. The van der Waals surface area contributed by atoms with Crippen LogP contribution in [0.3, 0.4) is 0 Å². The first-order chi connectivity index (χ1) is 11.3. The van der Waals surface area contributed by atoms with E-state index in [2.05, 4.69) is 10.6 Å². The standard InChI is InChI=1S/C18H28N2O4/c1-18(2,3)24-17(22)20-14-9-13(10-15(23-4)16(14)21)8-12-6-5-7-19-11-12/h9-10,12,19,21H,5-8,11H2,1-4H3,(H,20,22). The van der Waals surface area contributed by atoms with E-state index in [1.165, 1.54) is 20.0 Å². The average molecular weight is 336 g/mol. The summed E-state index contributed by atoms with van der Waals surface area (Å²) in [6, 6.07) is 3.61. The van der Waals surface area contributed by atoms with Crippen molar-refractivity contribution in [3.05, 3.63) is 17.7 Å². The molecule has 1 unspecified atom stereocenters. The molecule has 1 aromatic carbocycles. The molecule has 6 nitrogen and oxygen atoms in total. The van der Waals surface area contributed by atoms with E-state index in [9.17, 15) is 9.90 Å². The Balaban J connectivity index is 2.16. The molecular formula is C18H28N2O4. The van der Waals surface area contributed by atoms with Crippen LogP contribution in [0.2, 0.25) is 0 Å². The van der Waals surface area contributed by atoms with Crippen molar-refractivity contribution in [1.82, 2.24) is 5.32 Å². The van der Waals surface area contributed by atoms with Crippen LogP contribution in [0.15, 0.2) is 12.1 Å². The molecule has 134 valence electrons. The Morgan fingerprint density at radius 3 is 2.75 bits per heavy atom. The van der Waals surface area contributed by atoms with E-state index in [1.807, 2.05) is 6.07 Å². The lowest BCUT2D eigenvalue weighted by Crippen LogP contribution is -2.30. The minimum absolute atomic E-state index is 0.0890. The molecule has 1 atom stereocenters. The van der Waals surface area contributed by atoms with Gasteiger partial charge in [0.15, 0.2) is 11.5 Å². The van der Waals surface area contributed by atoms with Gasteiger partial charge in [-0.15, -0.1) is 0 Å². The van der Waals surface area contributed by atoms with Crippen molar-refractivity contribution in [2.75, 3.05) is 25.5 Å². The fourth-order valence-corrected chi connectivity index (χ4v) is 2.88. The zero-order valence-electron chi connectivity index (χ0n) is 14.9. The zero-order chi connectivity index (χ0) is 17.7. The predicted octanol–water partition coefficient (Wildman–Crippen LogP) is 3.29. The van der Waals surface area contributed by atoms with Crippen LogP contribution >= 0.6 is 0 Å². The Kier molecular flexibility index (Phi) is 5.94. The lowest BCUT2D eigenvalue weighted by atomic mass is 9.92. The van der Waals surface area contributed by atoms with E-state index < -0.39 is 11.7 Å². The van der Waals surface area contributed by atoms with Crippen LogP contribution < -0.4 is 15.4 Å². The molecule has 1 aromatic rings. The first-order valence-corrected chi connectivity index (χ1v) is 8.39. The van der Waals surface area contributed by atoms with Gasteiger partial charge in [0.05, 0.1) is 12.8 Å². The van der Waals surface area contributed by atoms with Gasteiger partial charge in [-0.25, -0.2) is 4.79 Å². The minimum Gasteiger partial charge on any atom is -0.503 e. The Morgan fingerprint density at radius 1 is 1.42 bits per heavy atom. The van der Waals surface area contributed by atoms with Gasteiger partial charge in [0, 0.05) is 0 Å². The monoisotopic (exact) mass is 336 g/mol. The van der Waals surface area contributed by atoms with Gasteiger partial charge in [-0.05, 0) is 76.7 Å². The molecule has 24 heavy (non-hydrogen) atoms. The maximum atomic E-state index is 12.0. The van der Waals surface area contributed by atoms with Crippen molar-refractivity contribution in [2.45, 2.75) is 45.6 Å². The van der Waals surface area contributed by atoms with Crippen molar-refractivity contribution >= 4 is 11.8 Å². The van der Waals surface area contributed by atoms with Gasteiger partial charge in [-0.3, -0.25) is 5.32 Å². The molecule has 0 saturated carbocycles. The fraction of sp³-hybridized carbons (Fsp3) is 0.611. The van der Waals surface area contributed by atoms with E-state index in [-0.39, 0.29) is 5.75 Å². The highest BCUT2D eigenvalue weighted by Gasteiger charge is 2.20. The summed E-state index contributed by atoms with van der Waals surface area (Å²) in [5.74, 6) is 0.804. The summed E-state index contributed by atoms with van der Waals surface area (Å²) in [6.07, 6.45) is 2.61. The third kappa shape index (κ3) is 5.30. The number of rotatable bonds is 4. The van der Waals surface area contributed by atoms with Crippen molar-refractivity contribution in [2.24, 2.45) is 5.92 Å². The molecule has 3 N–H and O–H groups in total. The van der Waals surface area contributed by atoms with Crippen LogP contribution in [-0.4, -0.2) is 37.0 Å². The lowest BCUT2D eigenvalue weighted by molar-refractivity contribution is 0.0635. The number of carbonyl (C=O) groups is 1. The Bertz CT molecular complexity index is 575. The maximum absolute atomic E-state index is 12.0. The quantitative estimate of drug-likeness (QED) is 0.735. The summed E-state index contributed by atoms with van der Waals surface area (Å²) in [5.41, 5.74) is 0.724. The van der Waals surface area contributed by atoms with E-state index >= 15 is 0 Å². The number of nitrogens with one attached hydrogen (secondary N) is 2. The summed E-state index contributed by atoms with van der Waals surface area (Å²) in [5, 5.41) is 16.3. The summed E-state index contributed by atoms with van der Waals surface area (Å²) in [7, 11) is 1.50. The van der Waals surface area contributed by atoms with E-state index in [4.69, 9.17) is 9.47 Å². The number of benzene rings is 1. The highest BCUT2D eigenvalue weighted by molar-refractivity contribution is 5.88. The van der Waals surface area contributed by atoms with Gasteiger partial charge in [0.2, 0.25) is 0 Å². The van der Waals surface area contributed by atoms with E-state index in [1.54, 1.807) is 26.8 Å². The fourth-order valence-electron chi connectivity index (χ4n) is 2.88. The summed E-state index contributed by atoms with van der Waals surface area (Å²) in [4.78, 5) is 12.0. The highest BCUT2D eigenvalue weighted by atomic mass is 16.6. The second kappa shape index (κ2) is 7.75. The number of anilines is 1. The number of carbonyl (C=O) groups excluding carboxylic acids is 1. The average Bonchev–Trinajstić information content (AvgIpc) is 2.49. The van der Waals surface area contributed by atoms with Gasteiger partial charge in [-0.2, -0.15) is 0 Å². The first-order valence-electron chi connectivity index (χ1n) is 8.39. The second-order valence-electron chi connectivity index (χ2n) is 7.24. The molecule has 0 aromatic heterocycles. The number of ether oxygens (including phenoxy) is 2. The van der Waals surface area contributed by atoms with Crippen molar-refractivity contribution in [3.63, 3.8) is 0 Å². The van der Waals surface area contributed by atoms with Crippen LogP contribution in [0, 0.1) is 5.92 Å². The molecule has 6 heteroatoms. The number of aromatic hydroxyl groups is 1. The zero-order valence-corrected chi connectivity index (χ0v) is 14.9. The Morgan fingerprint density at radius 2 is 2.17 bits per heavy atom.